The summed E-state index contributed by atoms with van der Waals surface area (Å²) in [7, 11) is 0. The van der Waals surface area contributed by atoms with Gasteiger partial charge in [-0.25, -0.2) is 9.07 Å². The van der Waals surface area contributed by atoms with Gasteiger partial charge in [0.1, 0.15) is 11.5 Å². The molecule has 4 aromatic rings. The lowest BCUT2D eigenvalue weighted by atomic mass is 10.1. The molecule has 0 bridgehead atoms. The first-order valence-electron chi connectivity index (χ1n) is 10.3. The number of benzene rings is 2. The van der Waals surface area contributed by atoms with E-state index in [1.807, 2.05) is 17.2 Å². The quantitative estimate of drug-likeness (QED) is 0.512. The van der Waals surface area contributed by atoms with Crippen LogP contribution in [0.25, 0.3) is 16.6 Å². The SMILES string of the molecule is O=C(c1ccn(-c2ccccc2F)n1)N1CCN(Cc2cccc3cccnc23)CC1. The van der Waals surface area contributed by atoms with Gasteiger partial charge in [-0.15, -0.1) is 0 Å². The molecule has 2 aromatic carbocycles. The maximum Gasteiger partial charge on any atom is 0.274 e. The van der Waals surface area contributed by atoms with E-state index < -0.39 is 0 Å². The van der Waals surface area contributed by atoms with Gasteiger partial charge in [-0.2, -0.15) is 5.10 Å². The van der Waals surface area contributed by atoms with E-state index in [0.29, 0.717) is 24.5 Å². The van der Waals surface area contributed by atoms with Crippen molar-refractivity contribution in [1.29, 1.82) is 0 Å². The van der Waals surface area contributed by atoms with E-state index in [1.54, 1.807) is 30.5 Å². The van der Waals surface area contributed by atoms with Crippen molar-refractivity contribution in [3.8, 4) is 5.69 Å². The molecule has 0 aliphatic carbocycles. The molecule has 1 saturated heterocycles. The van der Waals surface area contributed by atoms with E-state index in [9.17, 15) is 9.18 Å². The number of carbonyl (C=O) groups is 1. The van der Waals surface area contributed by atoms with Crippen molar-refractivity contribution >= 4 is 16.8 Å². The molecule has 0 saturated carbocycles. The van der Waals surface area contributed by atoms with Crippen molar-refractivity contribution in [3.63, 3.8) is 0 Å². The van der Waals surface area contributed by atoms with Gasteiger partial charge in [-0.05, 0) is 29.8 Å². The topological polar surface area (TPSA) is 54.3 Å². The monoisotopic (exact) mass is 415 g/mol. The van der Waals surface area contributed by atoms with Crippen LogP contribution in [0.5, 0.6) is 0 Å². The highest BCUT2D eigenvalue weighted by molar-refractivity contribution is 5.92. The highest BCUT2D eigenvalue weighted by Gasteiger charge is 2.24. The van der Waals surface area contributed by atoms with Gasteiger partial charge in [0.05, 0.1) is 5.52 Å². The molecule has 7 heteroatoms. The Bertz CT molecular complexity index is 1220. The van der Waals surface area contributed by atoms with Crippen LogP contribution in [-0.4, -0.2) is 56.7 Å². The zero-order valence-electron chi connectivity index (χ0n) is 17.0. The summed E-state index contributed by atoms with van der Waals surface area (Å²) in [6.45, 7) is 3.62. The van der Waals surface area contributed by atoms with Crippen molar-refractivity contribution < 1.29 is 9.18 Å². The normalized spacial score (nSPS) is 14.8. The Labute approximate surface area is 179 Å². The average molecular weight is 415 g/mol. The third-order valence-corrected chi connectivity index (χ3v) is 5.68. The number of para-hydroxylation sites is 2. The van der Waals surface area contributed by atoms with Gasteiger partial charge in [-0.1, -0.05) is 36.4 Å². The fraction of sp³-hybridized carbons (Fsp3) is 0.208. The van der Waals surface area contributed by atoms with Gasteiger partial charge >= 0.3 is 0 Å². The molecule has 5 rings (SSSR count). The number of carbonyl (C=O) groups excluding carboxylic acids is 1. The number of hydrogen-bond donors (Lipinski definition) is 0. The third kappa shape index (κ3) is 3.92. The molecule has 0 unspecified atom stereocenters. The van der Waals surface area contributed by atoms with Gasteiger partial charge in [0.15, 0.2) is 5.69 Å². The smallest absolute Gasteiger partial charge is 0.274 e. The lowest BCUT2D eigenvalue weighted by Gasteiger charge is -2.34. The number of halogens is 1. The summed E-state index contributed by atoms with van der Waals surface area (Å²) < 4.78 is 15.4. The number of hydrogen-bond acceptors (Lipinski definition) is 4. The van der Waals surface area contributed by atoms with Crippen LogP contribution in [0.4, 0.5) is 4.39 Å². The van der Waals surface area contributed by atoms with Crippen LogP contribution in [0.15, 0.2) is 73.1 Å². The minimum Gasteiger partial charge on any atom is -0.335 e. The largest absolute Gasteiger partial charge is 0.335 e. The molecule has 2 aromatic heterocycles. The maximum atomic E-state index is 14.0. The van der Waals surface area contributed by atoms with Gasteiger partial charge in [-0.3, -0.25) is 14.7 Å². The van der Waals surface area contributed by atoms with E-state index >= 15 is 0 Å². The summed E-state index contributed by atoms with van der Waals surface area (Å²) in [6.07, 6.45) is 3.44. The zero-order valence-corrected chi connectivity index (χ0v) is 17.0. The molecule has 0 radical (unpaired) electrons. The van der Waals surface area contributed by atoms with Gasteiger partial charge < -0.3 is 4.90 Å². The minimum atomic E-state index is -0.374. The van der Waals surface area contributed by atoms with Gasteiger partial charge in [0.25, 0.3) is 5.91 Å². The van der Waals surface area contributed by atoms with Crippen molar-refractivity contribution in [2.45, 2.75) is 6.54 Å². The van der Waals surface area contributed by atoms with E-state index in [2.05, 4.69) is 39.2 Å². The van der Waals surface area contributed by atoms with Crippen LogP contribution in [0.3, 0.4) is 0 Å². The lowest BCUT2D eigenvalue weighted by molar-refractivity contribution is 0.0622. The summed E-state index contributed by atoms with van der Waals surface area (Å²) in [5.74, 6) is -0.497. The van der Waals surface area contributed by atoms with Crippen LogP contribution in [0, 0.1) is 5.82 Å². The van der Waals surface area contributed by atoms with Crippen LogP contribution in [-0.2, 0) is 6.54 Å². The average Bonchev–Trinajstić information content (AvgIpc) is 3.30. The minimum absolute atomic E-state index is 0.124. The molecule has 3 heterocycles. The Morgan fingerprint density at radius 2 is 1.74 bits per heavy atom. The van der Waals surface area contributed by atoms with Crippen molar-refractivity contribution in [2.24, 2.45) is 0 Å². The second-order valence-corrected chi connectivity index (χ2v) is 7.66. The zero-order chi connectivity index (χ0) is 21.2. The number of pyridine rings is 1. The fourth-order valence-corrected chi connectivity index (χ4v) is 4.02. The molecule has 1 amide bonds. The Kier molecular flexibility index (Phi) is 5.18. The highest BCUT2D eigenvalue weighted by Crippen LogP contribution is 2.19. The number of amides is 1. The summed E-state index contributed by atoms with van der Waals surface area (Å²) in [5.41, 5.74) is 2.88. The number of nitrogens with zero attached hydrogens (tertiary/aromatic N) is 5. The summed E-state index contributed by atoms with van der Waals surface area (Å²) in [5, 5.41) is 5.44. The molecule has 31 heavy (non-hydrogen) atoms. The van der Waals surface area contributed by atoms with Crippen LogP contribution in [0.1, 0.15) is 16.1 Å². The van der Waals surface area contributed by atoms with E-state index in [1.165, 1.54) is 16.3 Å². The molecule has 1 aliphatic heterocycles. The Morgan fingerprint density at radius 1 is 0.935 bits per heavy atom. The van der Waals surface area contributed by atoms with Gasteiger partial charge in [0, 0.05) is 50.5 Å². The summed E-state index contributed by atoms with van der Waals surface area (Å²) in [6, 6.07) is 18.3. The second kappa shape index (κ2) is 8.28. The van der Waals surface area contributed by atoms with Crippen LogP contribution < -0.4 is 0 Å². The van der Waals surface area contributed by atoms with Crippen molar-refractivity contribution in [2.75, 3.05) is 26.2 Å². The molecule has 0 atom stereocenters. The number of rotatable bonds is 4. The molecular weight excluding hydrogens is 393 g/mol. The van der Waals surface area contributed by atoms with Crippen molar-refractivity contribution in [1.82, 2.24) is 24.6 Å². The van der Waals surface area contributed by atoms with E-state index in [4.69, 9.17) is 0 Å². The summed E-state index contributed by atoms with van der Waals surface area (Å²) >= 11 is 0. The predicted molar refractivity (Wildman–Crippen MR) is 116 cm³/mol. The Hall–Kier alpha value is -3.58. The molecular formula is C24H22FN5O. The first-order chi connectivity index (χ1) is 15.2. The third-order valence-electron chi connectivity index (χ3n) is 5.68. The highest BCUT2D eigenvalue weighted by atomic mass is 19.1. The Balaban J connectivity index is 1.24. The molecule has 0 spiro atoms. The molecule has 6 nitrogen and oxygen atoms in total. The lowest BCUT2D eigenvalue weighted by Crippen LogP contribution is -2.48. The summed E-state index contributed by atoms with van der Waals surface area (Å²) in [4.78, 5) is 21.6. The number of piperazine rings is 1. The molecule has 1 fully saturated rings. The number of fused-ring (bicyclic) bond motifs is 1. The van der Waals surface area contributed by atoms with Crippen molar-refractivity contribution in [3.05, 3.63) is 90.1 Å². The van der Waals surface area contributed by atoms with E-state index in [-0.39, 0.29) is 11.7 Å². The van der Waals surface area contributed by atoms with E-state index in [0.717, 1.165) is 30.5 Å². The second-order valence-electron chi connectivity index (χ2n) is 7.66. The maximum absolute atomic E-state index is 14.0. The first-order valence-corrected chi connectivity index (χ1v) is 10.3. The standard InChI is InChI=1S/C24H22FN5O/c25-20-8-1-2-9-22(20)30-12-10-21(27-30)24(31)29-15-13-28(14-16-29)17-19-6-3-5-18-7-4-11-26-23(18)19/h1-12H,13-17H2. The molecule has 1 aliphatic rings. The molecule has 0 N–H and O–H groups in total. The first kappa shape index (κ1) is 19.4. The van der Waals surface area contributed by atoms with Crippen LogP contribution in [0.2, 0.25) is 0 Å². The predicted octanol–water partition coefficient (Wildman–Crippen LogP) is 3.52. The fourth-order valence-electron chi connectivity index (χ4n) is 4.02. The van der Waals surface area contributed by atoms with Gasteiger partial charge in [0.2, 0.25) is 0 Å². The number of aromatic nitrogens is 3. The molecule has 156 valence electrons. The van der Waals surface area contributed by atoms with Crippen LogP contribution >= 0.6 is 0 Å². The Morgan fingerprint density at radius 3 is 2.58 bits per heavy atom.